The zero-order valence-electron chi connectivity index (χ0n) is 17.7. The van der Waals surface area contributed by atoms with Gasteiger partial charge in [0, 0.05) is 25.7 Å². The average molecular weight is 461 g/mol. The molecule has 0 aliphatic carbocycles. The number of nitrogens with zero attached hydrogens (tertiary/aromatic N) is 2. The lowest BCUT2D eigenvalue weighted by molar-refractivity contribution is -0.134. The number of hydrogen-bond donors (Lipinski definition) is 0. The van der Waals surface area contributed by atoms with Crippen molar-refractivity contribution >= 4 is 27.1 Å². The van der Waals surface area contributed by atoms with Crippen LogP contribution in [0.2, 0.25) is 0 Å². The second kappa shape index (κ2) is 9.17. The molecular weight excluding hydrogens is 436 g/mol. The van der Waals surface area contributed by atoms with Crippen LogP contribution in [0.1, 0.15) is 26.2 Å². The Balaban J connectivity index is 1.50. The highest BCUT2D eigenvalue weighted by atomic mass is 32.2. The molecule has 170 valence electrons. The summed E-state index contributed by atoms with van der Waals surface area (Å²) in [5, 5.41) is 0. The molecule has 10 heteroatoms. The maximum Gasteiger partial charge on any atom is 0.419 e. The molecule has 1 saturated heterocycles. The number of oxazole rings is 1. The lowest BCUT2D eigenvalue weighted by Crippen LogP contribution is -2.27. The number of para-hydroxylation sites is 2. The van der Waals surface area contributed by atoms with Gasteiger partial charge in [0.25, 0.3) is 0 Å². The standard InChI is InChI=1S/C22H24N2O7S/c1-2-29-18-7-3-4-8-19(18)30-21(25)11-14-24-17-10-9-16(15-20(17)31-22(24)26)32(27,28)23-12-5-6-13-23/h3-4,7-10,15H,2,5-6,11-14H2,1H3. The first-order valence-electron chi connectivity index (χ1n) is 10.5. The van der Waals surface area contributed by atoms with Crippen LogP contribution in [-0.2, 0) is 21.4 Å². The third-order valence-electron chi connectivity index (χ3n) is 5.25. The molecule has 0 radical (unpaired) electrons. The molecule has 32 heavy (non-hydrogen) atoms. The van der Waals surface area contributed by atoms with Crippen molar-refractivity contribution in [2.75, 3.05) is 19.7 Å². The highest BCUT2D eigenvalue weighted by molar-refractivity contribution is 7.89. The fraction of sp³-hybridized carbons (Fsp3) is 0.364. The zero-order valence-corrected chi connectivity index (χ0v) is 18.5. The molecule has 1 aromatic heterocycles. The number of esters is 1. The molecule has 4 rings (SSSR count). The fourth-order valence-corrected chi connectivity index (χ4v) is 5.22. The van der Waals surface area contributed by atoms with Gasteiger partial charge in [0.05, 0.1) is 23.4 Å². The number of rotatable bonds is 8. The van der Waals surface area contributed by atoms with Gasteiger partial charge in [0.1, 0.15) is 0 Å². The van der Waals surface area contributed by atoms with Crippen LogP contribution in [-0.4, -0.2) is 43.0 Å². The number of carbonyl (C=O) groups is 1. The Bertz CT molecular complexity index is 1290. The van der Waals surface area contributed by atoms with E-state index < -0.39 is 21.7 Å². The van der Waals surface area contributed by atoms with E-state index in [4.69, 9.17) is 13.9 Å². The van der Waals surface area contributed by atoms with E-state index in [1.54, 1.807) is 24.3 Å². The van der Waals surface area contributed by atoms with Gasteiger partial charge in [-0.05, 0) is 44.0 Å². The third kappa shape index (κ3) is 4.42. The molecule has 0 N–H and O–H groups in total. The van der Waals surface area contributed by atoms with Gasteiger partial charge in [-0.2, -0.15) is 4.31 Å². The number of benzene rings is 2. The van der Waals surface area contributed by atoms with E-state index in [1.165, 1.54) is 27.1 Å². The van der Waals surface area contributed by atoms with Crippen LogP contribution in [0, 0.1) is 0 Å². The number of aryl methyl sites for hydroxylation is 1. The predicted octanol–water partition coefficient (Wildman–Crippen LogP) is 2.77. The van der Waals surface area contributed by atoms with E-state index in [-0.39, 0.29) is 23.4 Å². The summed E-state index contributed by atoms with van der Waals surface area (Å²) >= 11 is 0. The Kier molecular flexibility index (Phi) is 6.33. The first kappa shape index (κ1) is 22.1. The predicted molar refractivity (Wildman–Crippen MR) is 116 cm³/mol. The molecule has 9 nitrogen and oxygen atoms in total. The molecule has 0 bridgehead atoms. The minimum Gasteiger partial charge on any atom is -0.490 e. The van der Waals surface area contributed by atoms with Gasteiger partial charge in [-0.3, -0.25) is 9.36 Å². The number of sulfonamides is 1. The van der Waals surface area contributed by atoms with E-state index in [1.807, 2.05) is 6.92 Å². The molecule has 2 heterocycles. The summed E-state index contributed by atoms with van der Waals surface area (Å²) in [6, 6.07) is 11.2. The van der Waals surface area contributed by atoms with Crippen LogP contribution >= 0.6 is 0 Å². The largest absolute Gasteiger partial charge is 0.490 e. The van der Waals surface area contributed by atoms with Crippen LogP contribution in [0.5, 0.6) is 11.5 Å². The van der Waals surface area contributed by atoms with E-state index >= 15 is 0 Å². The number of carbonyl (C=O) groups excluding carboxylic acids is 1. The van der Waals surface area contributed by atoms with Crippen LogP contribution in [0.25, 0.3) is 11.1 Å². The van der Waals surface area contributed by atoms with Crippen molar-refractivity contribution in [3.05, 3.63) is 53.0 Å². The monoisotopic (exact) mass is 460 g/mol. The van der Waals surface area contributed by atoms with Crippen molar-refractivity contribution in [2.45, 2.75) is 37.6 Å². The minimum atomic E-state index is -3.63. The topological polar surface area (TPSA) is 108 Å². The molecule has 1 aliphatic rings. The van der Waals surface area contributed by atoms with Crippen LogP contribution in [0.3, 0.4) is 0 Å². The quantitative estimate of drug-likeness (QED) is 0.376. The molecule has 0 atom stereocenters. The molecule has 0 unspecified atom stereocenters. The first-order chi connectivity index (χ1) is 15.4. The number of aromatic nitrogens is 1. The van der Waals surface area contributed by atoms with Crippen molar-refractivity contribution in [3.8, 4) is 11.5 Å². The van der Waals surface area contributed by atoms with Gasteiger partial charge in [-0.25, -0.2) is 13.2 Å². The summed E-state index contributed by atoms with van der Waals surface area (Å²) in [7, 11) is -3.63. The zero-order chi connectivity index (χ0) is 22.7. The molecule has 1 aliphatic heterocycles. The second-order valence-corrected chi connectivity index (χ2v) is 9.30. The number of ether oxygens (including phenoxy) is 2. The highest BCUT2D eigenvalue weighted by Crippen LogP contribution is 2.27. The molecule has 2 aromatic carbocycles. The fourth-order valence-electron chi connectivity index (χ4n) is 3.68. The summed E-state index contributed by atoms with van der Waals surface area (Å²) in [5.41, 5.74) is 0.572. The van der Waals surface area contributed by atoms with Gasteiger partial charge in [-0.1, -0.05) is 12.1 Å². The van der Waals surface area contributed by atoms with Gasteiger partial charge in [-0.15, -0.1) is 0 Å². The molecule has 1 fully saturated rings. The highest BCUT2D eigenvalue weighted by Gasteiger charge is 2.28. The van der Waals surface area contributed by atoms with E-state index in [0.717, 1.165) is 12.8 Å². The minimum absolute atomic E-state index is 0.0275. The lowest BCUT2D eigenvalue weighted by Gasteiger charge is -2.15. The van der Waals surface area contributed by atoms with E-state index in [0.29, 0.717) is 36.7 Å². The normalized spacial score (nSPS) is 14.7. The Hall–Kier alpha value is -3.11. The first-order valence-corrected chi connectivity index (χ1v) is 11.9. The second-order valence-electron chi connectivity index (χ2n) is 7.36. The van der Waals surface area contributed by atoms with E-state index in [2.05, 4.69) is 0 Å². The number of hydrogen-bond acceptors (Lipinski definition) is 7. The van der Waals surface area contributed by atoms with Crippen molar-refractivity contribution in [1.29, 1.82) is 0 Å². The van der Waals surface area contributed by atoms with Gasteiger partial charge >= 0.3 is 11.7 Å². The Labute approximate surface area is 185 Å². The molecule has 3 aromatic rings. The van der Waals surface area contributed by atoms with Crippen LogP contribution < -0.4 is 15.2 Å². The maximum absolute atomic E-state index is 12.8. The SMILES string of the molecule is CCOc1ccccc1OC(=O)CCn1c(=O)oc2cc(S(=O)(=O)N3CCCC3)ccc21. The van der Waals surface area contributed by atoms with Gasteiger partial charge in [0.2, 0.25) is 10.0 Å². The molecule has 0 saturated carbocycles. The molecule has 0 spiro atoms. The van der Waals surface area contributed by atoms with Crippen LogP contribution in [0.4, 0.5) is 0 Å². The van der Waals surface area contributed by atoms with E-state index in [9.17, 15) is 18.0 Å². The third-order valence-corrected chi connectivity index (χ3v) is 7.15. The number of fused-ring (bicyclic) bond motifs is 1. The van der Waals surface area contributed by atoms with Crippen LogP contribution in [0.15, 0.2) is 56.6 Å². The van der Waals surface area contributed by atoms with Crippen molar-refractivity contribution in [2.24, 2.45) is 0 Å². The molecular formula is C22H24N2O7S. The van der Waals surface area contributed by atoms with Gasteiger partial charge < -0.3 is 13.9 Å². The Morgan fingerprint density at radius 3 is 2.53 bits per heavy atom. The lowest BCUT2D eigenvalue weighted by atomic mass is 10.3. The van der Waals surface area contributed by atoms with Crippen molar-refractivity contribution < 1.29 is 27.1 Å². The smallest absolute Gasteiger partial charge is 0.419 e. The summed E-state index contributed by atoms with van der Waals surface area (Å²) in [6.45, 7) is 3.26. The summed E-state index contributed by atoms with van der Waals surface area (Å²) < 4.78 is 44.3. The summed E-state index contributed by atoms with van der Waals surface area (Å²) in [5.74, 6) is -0.439. The summed E-state index contributed by atoms with van der Waals surface area (Å²) in [6.07, 6.45) is 1.58. The Morgan fingerprint density at radius 2 is 1.81 bits per heavy atom. The van der Waals surface area contributed by atoms with Crippen molar-refractivity contribution in [1.82, 2.24) is 8.87 Å². The average Bonchev–Trinajstić information content (AvgIpc) is 3.41. The Morgan fingerprint density at radius 1 is 1.09 bits per heavy atom. The van der Waals surface area contributed by atoms with Gasteiger partial charge in [0.15, 0.2) is 17.1 Å². The maximum atomic E-state index is 12.8. The molecule has 0 amide bonds. The summed E-state index contributed by atoms with van der Waals surface area (Å²) in [4.78, 5) is 24.7. The van der Waals surface area contributed by atoms with Crippen molar-refractivity contribution in [3.63, 3.8) is 0 Å².